The maximum atomic E-state index is 5.36. The van der Waals surface area contributed by atoms with Gasteiger partial charge in [-0.1, -0.05) is 22.7 Å². The highest BCUT2D eigenvalue weighted by atomic mass is 32.1. The van der Waals surface area contributed by atoms with Crippen molar-refractivity contribution in [1.29, 1.82) is 0 Å². The maximum Gasteiger partial charge on any atom is 0.155 e. The summed E-state index contributed by atoms with van der Waals surface area (Å²) in [5.41, 5.74) is 1.88. The van der Waals surface area contributed by atoms with Gasteiger partial charge in [0.05, 0.1) is 28.4 Å². The number of fused-ring (bicyclic) bond motifs is 1. The van der Waals surface area contributed by atoms with E-state index < -0.39 is 0 Å². The summed E-state index contributed by atoms with van der Waals surface area (Å²) in [6.45, 7) is 0. The quantitative estimate of drug-likeness (QED) is 0.436. The van der Waals surface area contributed by atoms with Gasteiger partial charge in [-0.3, -0.25) is 0 Å². The van der Waals surface area contributed by atoms with E-state index in [4.69, 9.17) is 28.9 Å². The van der Waals surface area contributed by atoms with Crippen molar-refractivity contribution in [3.8, 4) is 44.1 Å². The van der Waals surface area contributed by atoms with Crippen molar-refractivity contribution in [2.24, 2.45) is 0 Å². The molecule has 0 radical (unpaired) electrons. The maximum absolute atomic E-state index is 5.36. The smallest absolute Gasteiger partial charge is 0.155 e. The van der Waals surface area contributed by atoms with Crippen LogP contribution in [0.15, 0.2) is 36.4 Å². The van der Waals surface area contributed by atoms with Crippen molar-refractivity contribution in [2.75, 3.05) is 28.4 Å². The molecule has 0 aliphatic heterocycles. The number of ether oxygens (including phenoxy) is 4. The molecule has 28 heavy (non-hydrogen) atoms. The first-order valence-electron chi connectivity index (χ1n) is 8.37. The van der Waals surface area contributed by atoms with Crippen LogP contribution < -0.4 is 18.9 Å². The summed E-state index contributed by atoms with van der Waals surface area (Å²) in [5.74, 6) is 2.91. The van der Waals surface area contributed by atoms with Gasteiger partial charge in [0, 0.05) is 23.3 Å². The fraction of sp³-hybridized carbons (Fsp3) is 0.200. The zero-order valence-corrected chi connectivity index (χ0v) is 17.4. The molecule has 2 aromatic heterocycles. The zero-order chi connectivity index (χ0) is 19.7. The lowest BCUT2D eigenvalue weighted by Crippen LogP contribution is -1.88. The SMILES string of the molecule is COc1cc(OC)cc(-c2nc3sc(-c4cc(OC)cc(OC)c4)nc3s2)c1. The molecule has 2 aromatic carbocycles. The Morgan fingerprint density at radius 1 is 0.536 bits per heavy atom. The summed E-state index contributed by atoms with van der Waals surface area (Å²) in [6, 6.07) is 11.5. The van der Waals surface area contributed by atoms with Crippen molar-refractivity contribution in [1.82, 2.24) is 9.97 Å². The van der Waals surface area contributed by atoms with Crippen molar-refractivity contribution in [3.05, 3.63) is 36.4 Å². The first-order chi connectivity index (χ1) is 13.6. The molecule has 0 spiro atoms. The average Bonchev–Trinajstić information content (AvgIpc) is 3.32. The topological polar surface area (TPSA) is 62.7 Å². The Labute approximate surface area is 170 Å². The van der Waals surface area contributed by atoms with E-state index in [1.54, 1.807) is 28.4 Å². The summed E-state index contributed by atoms with van der Waals surface area (Å²) in [6.07, 6.45) is 0. The summed E-state index contributed by atoms with van der Waals surface area (Å²) < 4.78 is 21.4. The van der Waals surface area contributed by atoms with Crippen LogP contribution in [0.4, 0.5) is 0 Å². The van der Waals surface area contributed by atoms with E-state index in [2.05, 4.69) is 0 Å². The summed E-state index contributed by atoms with van der Waals surface area (Å²) in [5, 5.41) is 1.75. The minimum absolute atomic E-state index is 0.727. The Hall–Kier alpha value is -2.84. The molecule has 0 saturated heterocycles. The lowest BCUT2D eigenvalue weighted by molar-refractivity contribution is 0.394. The van der Waals surface area contributed by atoms with Gasteiger partial charge in [-0.15, -0.1) is 0 Å². The zero-order valence-electron chi connectivity index (χ0n) is 15.8. The van der Waals surface area contributed by atoms with Crippen LogP contribution in [0.3, 0.4) is 0 Å². The van der Waals surface area contributed by atoms with Crippen molar-refractivity contribution < 1.29 is 18.9 Å². The number of thiazole rings is 2. The molecule has 0 N–H and O–H groups in total. The van der Waals surface area contributed by atoms with E-state index in [9.17, 15) is 0 Å². The normalized spacial score (nSPS) is 10.9. The third-order valence-electron chi connectivity index (χ3n) is 4.17. The minimum Gasteiger partial charge on any atom is -0.497 e. The number of methoxy groups -OCH3 is 4. The van der Waals surface area contributed by atoms with Crippen LogP contribution >= 0.6 is 22.7 Å². The van der Waals surface area contributed by atoms with E-state index in [0.717, 1.165) is 53.8 Å². The lowest BCUT2D eigenvalue weighted by atomic mass is 10.2. The van der Waals surface area contributed by atoms with Gasteiger partial charge >= 0.3 is 0 Å². The standard InChI is InChI=1S/C20H18N2O4S2/c1-23-13-5-11(6-14(9-13)24-2)17-21-19-20(27-17)22-18(28-19)12-7-15(25-3)10-16(8-12)26-4/h5-10H,1-4H3. The van der Waals surface area contributed by atoms with Gasteiger partial charge in [0.25, 0.3) is 0 Å². The van der Waals surface area contributed by atoms with Gasteiger partial charge in [0.15, 0.2) is 9.66 Å². The number of hydrogen-bond donors (Lipinski definition) is 0. The Bertz CT molecular complexity index is 976. The van der Waals surface area contributed by atoms with Crippen LogP contribution in [0.2, 0.25) is 0 Å². The Balaban J connectivity index is 1.73. The van der Waals surface area contributed by atoms with E-state index in [1.165, 1.54) is 22.7 Å². The molecule has 0 aliphatic rings. The number of rotatable bonds is 6. The van der Waals surface area contributed by atoms with Gasteiger partial charge in [0.2, 0.25) is 0 Å². The summed E-state index contributed by atoms with van der Waals surface area (Å²) in [4.78, 5) is 11.3. The van der Waals surface area contributed by atoms with Crippen molar-refractivity contribution in [2.45, 2.75) is 0 Å². The van der Waals surface area contributed by atoms with Crippen molar-refractivity contribution in [3.63, 3.8) is 0 Å². The van der Waals surface area contributed by atoms with Gasteiger partial charge < -0.3 is 18.9 Å². The molecule has 6 nitrogen and oxygen atoms in total. The summed E-state index contributed by atoms with van der Waals surface area (Å²) in [7, 11) is 6.54. The number of nitrogens with zero attached hydrogens (tertiary/aromatic N) is 2. The fourth-order valence-corrected chi connectivity index (χ4v) is 4.77. The molecule has 0 fully saturated rings. The summed E-state index contributed by atoms with van der Waals surface area (Å²) >= 11 is 3.08. The Morgan fingerprint density at radius 2 is 0.857 bits per heavy atom. The number of aromatic nitrogens is 2. The second-order valence-electron chi connectivity index (χ2n) is 5.85. The monoisotopic (exact) mass is 414 g/mol. The van der Waals surface area contributed by atoms with Gasteiger partial charge in [-0.25, -0.2) is 9.97 Å². The molecule has 4 rings (SSSR count). The highest BCUT2D eigenvalue weighted by Crippen LogP contribution is 2.40. The van der Waals surface area contributed by atoms with E-state index >= 15 is 0 Å². The second-order valence-corrected chi connectivity index (χ2v) is 7.81. The van der Waals surface area contributed by atoms with Crippen LogP contribution in [0.1, 0.15) is 0 Å². The van der Waals surface area contributed by atoms with Gasteiger partial charge in [-0.2, -0.15) is 0 Å². The largest absolute Gasteiger partial charge is 0.497 e. The predicted molar refractivity (Wildman–Crippen MR) is 112 cm³/mol. The van der Waals surface area contributed by atoms with Crippen molar-refractivity contribution >= 4 is 32.3 Å². The fourth-order valence-electron chi connectivity index (χ4n) is 2.75. The highest BCUT2D eigenvalue weighted by molar-refractivity contribution is 7.29. The molecule has 0 amide bonds. The molecule has 4 aromatic rings. The van der Waals surface area contributed by atoms with Crippen LogP contribution in [0.5, 0.6) is 23.0 Å². The third-order valence-corrected chi connectivity index (χ3v) is 6.30. The molecule has 144 valence electrons. The van der Waals surface area contributed by atoms with Crippen LogP contribution in [-0.2, 0) is 0 Å². The molecule has 0 unspecified atom stereocenters. The molecule has 0 atom stereocenters. The molecule has 0 aliphatic carbocycles. The first kappa shape index (κ1) is 18.5. The third kappa shape index (κ3) is 3.48. The van der Waals surface area contributed by atoms with E-state index in [1.807, 2.05) is 36.4 Å². The molecular weight excluding hydrogens is 396 g/mol. The van der Waals surface area contributed by atoms with Crippen LogP contribution in [0.25, 0.3) is 30.8 Å². The van der Waals surface area contributed by atoms with Gasteiger partial charge in [0.1, 0.15) is 33.0 Å². The number of benzene rings is 2. The molecule has 8 heteroatoms. The second kappa shape index (κ2) is 7.65. The molecule has 0 saturated carbocycles. The minimum atomic E-state index is 0.727. The lowest BCUT2D eigenvalue weighted by Gasteiger charge is -2.06. The van der Waals surface area contributed by atoms with E-state index in [-0.39, 0.29) is 0 Å². The number of hydrogen-bond acceptors (Lipinski definition) is 8. The Kier molecular flexibility index (Phi) is 5.06. The molecule has 0 bridgehead atoms. The van der Waals surface area contributed by atoms with E-state index in [0.29, 0.717) is 0 Å². The average molecular weight is 415 g/mol. The van der Waals surface area contributed by atoms with Crippen LogP contribution in [-0.4, -0.2) is 38.4 Å². The van der Waals surface area contributed by atoms with Crippen LogP contribution in [0, 0.1) is 0 Å². The predicted octanol–water partition coefficient (Wildman–Crippen LogP) is 5.12. The molecule has 2 heterocycles. The highest BCUT2D eigenvalue weighted by Gasteiger charge is 2.15. The Morgan fingerprint density at radius 3 is 1.14 bits per heavy atom. The first-order valence-corrected chi connectivity index (χ1v) is 10.0. The van der Waals surface area contributed by atoms with Gasteiger partial charge in [-0.05, 0) is 24.3 Å². The molecular formula is C20H18N2O4S2.